The van der Waals surface area contributed by atoms with E-state index in [1.807, 2.05) is 13.0 Å². The van der Waals surface area contributed by atoms with Gasteiger partial charge in [0.25, 0.3) is 0 Å². The molecule has 0 aromatic carbocycles. The van der Waals surface area contributed by atoms with E-state index in [-0.39, 0.29) is 33.5 Å². The van der Waals surface area contributed by atoms with Gasteiger partial charge in [-0.2, -0.15) is 0 Å². The Morgan fingerprint density at radius 2 is 1.10 bits per heavy atom. The van der Waals surface area contributed by atoms with Crippen LogP contribution in [0.3, 0.4) is 0 Å². The fourth-order valence-electron chi connectivity index (χ4n) is 3.04. The molecule has 0 saturated heterocycles. The molecule has 0 aliphatic rings. The Hall–Kier alpha value is -1.85. The van der Waals surface area contributed by atoms with E-state index < -0.39 is 20.5 Å². The van der Waals surface area contributed by atoms with E-state index in [2.05, 4.69) is 89.2 Å². The number of carbonyl (C=O) groups is 1. The van der Waals surface area contributed by atoms with Crippen LogP contribution >= 0.6 is 0 Å². The summed E-state index contributed by atoms with van der Waals surface area (Å²) in [6.45, 7) is 13.1. The van der Waals surface area contributed by atoms with E-state index in [1.165, 1.54) is 29.7 Å². The Morgan fingerprint density at radius 1 is 0.750 bits per heavy atom. The third-order valence-electron chi connectivity index (χ3n) is 4.12. The average Bonchev–Trinajstić information content (AvgIpc) is 2.71. The number of Topliss-reactive ketones (excluding diaryl/α,β-unsaturated/α-hetero) is 1. The molecule has 13 nitrogen and oxygen atoms in total. The van der Waals surface area contributed by atoms with Gasteiger partial charge in [-0.25, -0.2) is 47.2 Å². The number of hydrogen-bond acceptors (Lipinski definition) is 11. The molecule has 0 amide bonds. The van der Waals surface area contributed by atoms with Gasteiger partial charge < -0.3 is 11.7 Å². The molecule has 0 aliphatic heterocycles. The summed E-state index contributed by atoms with van der Waals surface area (Å²) in [5.74, 6) is -0.0833. The summed E-state index contributed by atoms with van der Waals surface area (Å²) in [5, 5.41) is 0. The molecule has 0 spiro atoms. The number of aryl methyl sites for hydroxylation is 3. The van der Waals surface area contributed by atoms with Crippen LogP contribution in [0.25, 0.3) is 0 Å². The summed E-state index contributed by atoms with van der Waals surface area (Å²) >= 11 is 0. The normalized spacial score (nSPS) is 10.5. The maximum atomic E-state index is 9.33. The standard InChI is InChI=1S/C21H24N4.C3H5O.2ClHO4.Hg/c1-16-7-4-10-19(22-16)13-25(14-20-11-5-8-17(2)23-20)15-21-12-6-9-18(3)24-21;1-3(2)4;2*2-1(3,4)5;/h4-12H,13-15H2,1-3H3;1H2,2H3;2*(H,2,3,4,5);/q;-1;;;+1. The maximum Gasteiger partial charge on any atom is 1.00 e. The van der Waals surface area contributed by atoms with Crippen molar-refractivity contribution in [3.63, 3.8) is 0 Å². The SMILES string of the molecule is Cc1cccc(CN(Cc2cccc(C)[nH+]2)Cc2cccc(C)[nH+]2)n1.[CH2-]C(C)=O.[Hg+].[O-][Cl+3]([O-])([O-])[O-].[O-][Cl+3]([O-])([O-])[O-]. The van der Waals surface area contributed by atoms with Crippen LogP contribution in [0.4, 0.5) is 0 Å². The van der Waals surface area contributed by atoms with Crippen LogP contribution in [-0.4, -0.2) is 15.7 Å². The minimum atomic E-state index is -4.94. The van der Waals surface area contributed by atoms with Crippen LogP contribution in [0.1, 0.15) is 41.1 Å². The quantitative estimate of drug-likeness (QED) is 0.168. The fourth-order valence-corrected chi connectivity index (χ4v) is 3.04. The largest absolute Gasteiger partial charge is 1.00 e. The summed E-state index contributed by atoms with van der Waals surface area (Å²) in [4.78, 5) is 23.3. The molecule has 16 heteroatoms. The summed E-state index contributed by atoms with van der Waals surface area (Å²) < 4.78 is 67.9. The van der Waals surface area contributed by atoms with Crippen LogP contribution < -0.4 is 47.2 Å². The van der Waals surface area contributed by atoms with Crippen molar-refractivity contribution < 1.29 is 100 Å². The number of nitrogens with zero attached hydrogens (tertiary/aromatic N) is 2. The molecule has 3 rings (SSSR count). The maximum absolute atomic E-state index is 9.33. The van der Waals surface area contributed by atoms with E-state index in [1.54, 1.807) is 0 Å². The van der Waals surface area contributed by atoms with E-state index in [9.17, 15) is 4.79 Å². The summed E-state index contributed by atoms with van der Waals surface area (Å²) in [7, 11) is -9.89. The third kappa shape index (κ3) is 27.7. The van der Waals surface area contributed by atoms with Gasteiger partial charge >= 0.3 is 27.7 Å². The minimum Gasteiger partial charge on any atom is -0.340 e. The zero-order valence-electron chi connectivity index (χ0n) is 22.6. The molecule has 3 aromatic heterocycles. The van der Waals surface area contributed by atoms with Gasteiger partial charge in [0.15, 0.2) is 22.8 Å². The molecule has 0 aliphatic carbocycles. The molecular weight excluding hydrogens is 760 g/mol. The van der Waals surface area contributed by atoms with Crippen molar-refractivity contribution in [2.45, 2.75) is 47.3 Å². The number of aromatic amines is 2. The Balaban J connectivity index is 0. The second-order valence-electron chi connectivity index (χ2n) is 8.09. The Labute approximate surface area is 257 Å². The number of nitrogens with one attached hydrogen (secondary N) is 2. The van der Waals surface area contributed by atoms with Crippen LogP contribution in [0.5, 0.6) is 0 Å². The number of aromatic nitrogens is 3. The minimum absolute atomic E-state index is 0. The monoisotopic (exact) mass is 791 g/mol. The number of halogens is 2. The fraction of sp³-hybridized carbons (Fsp3) is 0.292. The number of ketones is 1. The number of hydrogen-bond donors (Lipinski definition) is 0. The molecule has 2 N–H and O–H groups in total. The van der Waals surface area contributed by atoms with Crippen molar-refractivity contribution >= 4 is 5.78 Å². The van der Waals surface area contributed by atoms with Crippen LogP contribution in [0, 0.1) is 48.2 Å². The predicted molar refractivity (Wildman–Crippen MR) is 113 cm³/mol. The zero-order valence-corrected chi connectivity index (χ0v) is 29.6. The van der Waals surface area contributed by atoms with Crippen molar-refractivity contribution in [2.75, 3.05) is 0 Å². The van der Waals surface area contributed by atoms with Crippen LogP contribution in [-0.2, 0) is 52.1 Å². The van der Waals surface area contributed by atoms with E-state index in [0.29, 0.717) is 0 Å². The smallest absolute Gasteiger partial charge is 0.340 e. The zero-order chi connectivity index (χ0) is 30.2. The first-order chi connectivity index (χ1) is 17.8. The Kier molecular flexibility index (Phi) is 20.2. The van der Waals surface area contributed by atoms with Crippen molar-refractivity contribution in [3.8, 4) is 0 Å². The van der Waals surface area contributed by atoms with Crippen molar-refractivity contribution in [3.05, 3.63) is 95.7 Å². The first kappa shape index (κ1) is 40.3. The molecule has 40 heavy (non-hydrogen) atoms. The molecule has 0 unspecified atom stereocenters. The molecule has 0 atom stereocenters. The first-order valence-electron chi connectivity index (χ1n) is 11.0. The average molecular weight is 791 g/mol. The molecule has 0 saturated carbocycles. The van der Waals surface area contributed by atoms with E-state index in [4.69, 9.17) is 37.3 Å². The molecule has 3 aromatic rings. The molecular formula is C24H31Cl2HgN4O9. The second-order valence-corrected chi connectivity index (χ2v) is 9.60. The van der Waals surface area contributed by atoms with E-state index in [0.717, 1.165) is 31.0 Å². The van der Waals surface area contributed by atoms with Gasteiger partial charge in [-0.3, -0.25) is 9.88 Å². The number of carbonyl (C=O) groups excluding carboxylic acids is 1. The molecule has 1 radical (unpaired) electrons. The van der Waals surface area contributed by atoms with Crippen molar-refractivity contribution in [1.29, 1.82) is 0 Å². The topological polar surface area (TPSA) is 246 Å². The third-order valence-corrected chi connectivity index (χ3v) is 4.12. The van der Waals surface area contributed by atoms with Gasteiger partial charge in [0.05, 0.1) is 18.8 Å². The molecule has 217 valence electrons. The second kappa shape index (κ2) is 20.1. The molecule has 0 fully saturated rings. The number of H-pyrrole nitrogens is 2. The van der Waals surface area contributed by atoms with Crippen molar-refractivity contribution in [2.24, 2.45) is 0 Å². The number of pyridine rings is 3. The van der Waals surface area contributed by atoms with Crippen LogP contribution in [0.2, 0.25) is 0 Å². The first-order valence-corrected chi connectivity index (χ1v) is 13.4. The molecule has 0 bridgehead atoms. The molecule has 3 heterocycles. The summed E-state index contributed by atoms with van der Waals surface area (Å²) in [6.07, 6.45) is 0. The van der Waals surface area contributed by atoms with Crippen molar-refractivity contribution in [1.82, 2.24) is 9.88 Å². The summed E-state index contributed by atoms with van der Waals surface area (Å²) in [5.41, 5.74) is 6.92. The van der Waals surface area contributed by atoms with Gasteiger partial charge in [0, 0.05) is 50.4 Å². The van der Waals surface area contributed by atoms with Gasteiger partial charge in [-0.15, -0.1) is 20.5 Å². The van der Waals surface area contributed by atoms with Gasteiger partial charge in [-0.1, -0.05) is 6.07 Å². The Morgan fingerprint density at radius 3 is 1.43 bits per heavy atom. The summed E-state index contributed by atoms with van der Waals surface area (Å²) in [6, 6.07) is 18.9. The predicted octanol–water partition coefficient (Wildman–Crippen LogP) is -6.27. The van der Waals surface area contributed by atoms with Gasteiger partial charge in [0.1, 0.15) is 0 Å². The number of rotatable bonds is 6. The van der Waals surface area contributed by atoms with Gasteiger partial charge in [-0.05, 0) is 43.9 Å². The van der Waals surface area contributed by atoms with E-state index >= 15 is 0 Å². The van der Waals surface area contributed by atoms with Crippen LogP contribution in [0.15, 0.2) is 54.6 Å². The van der Waals surface area contributed by atoms with Gasteiger partial charge in [0.2, 0.25) is 0 Å². The Bertz CT molecular complexity index is 1010.